The van der Waals surface area contributed by atoms with E-state index in [9.17, 15) is 4.79 Å². The Morgan fingerprint density at radius 2 is 2.33 bits per heavy atom. The van der Waals surface area contributed by atoms with Gasteiger partial charge < -0.3 is 14.8 Å². The smallest absolute Gasteiger partial charge is 0.246 e. The van der Waals surface area contributed by atoms with Gasteiger partial charge in [-0.3, -0.25) is 4.79 Å². The maximum atomic E-state index is 11.7. The van der Waals surface area contributed by atoms with Crippen molar-refractivity contribution in [2.24, 2.45) is 0 Å². The van der Waals surface area contributed by atoms with Gasteiger partial charge in [-0.25, -0.2) is 0 Å². The summed E-state index contributed by atoms with van der Waals surface area (Å²) in [6.07, 6.45) is 2.06. The summed E-state index contributed by atoms with van der Waals surface area (Å²) in [6.45, 7) is 3.36. The second-order valence-corrected chi connectivity index (χ2v) is 4.38. The number of ether oxygens (including phenoxy) is 2. The number of amides is 1. The fraction of sp³-hybridized carbons (Fsp3) is 0.500. The second kappa shape index (κ2) is 6.40. The molecule has 1 atom stereocenters. The highest BCUT2D eigenvalue weighted by molar-refractivity contribution is 5.78. The van der Waals surface area contributed by atoms with Crippen LogP contribution >= 0.6 is 0 Å². The van der Waals surface area contributed by atoms with Crippen LogP contribution in [-0.4, -0.2) is 25.7 Å². The zero-order valence-electron chi connectivity index (χ0n) is 10.6. The number of para-hydroxylation sites is 1. The van der Waals surface area contributed by atoms with Crippen LogP contribution in [0.25, 0.3) is 0 Å². The molecule has 1 amide bonds. The molecular formula is C14H19NO3. The van der Waals surface area contributed by atoms with Crippen molar-refractivity contribution in [2.75, 3.05) is 19.8 Å². The van der Waals surface area contributed by atoms with Gasteiger partial charge in [0.1, 0.15) is 19.0 Å². The molecule has 4 heteroatoms. The molecule has 98 valence electrons. The Morgan fingerprint density at radius 1 is 1.50 bits per heavy atom. The van der Waals surface area contributed by atoms with Crippen molar-refractivity contribution >= 4 is 5.91 Å². The van der Waals surface area contributed by atoms with E-state index in [0.29, 0.717) is 13.2 Å². The van der Waals surface area contributed by atoms with Crippen LogP contribution in [0.5, 0.6) is 5.75 Å². The molecule has 0 saturated carbocycles. The lowest BCUT2D eigenvalue weighted by atomic mass is 10.1. The monoisotopic (exact) mass is 249 g/mol. The second-order valence-electron chi connectivity index (χ2n) is 4.38. The summed E-state index contributed by atoms with van der Waals surface area (Å²) in [7, 11) is 0. The predicted octanol–water partition coefficient (Wildman–Crippen LogP) is 2.05. The topological polar surface area (TPSA) is 47.6 Å². The van der Waals surface area contributed by atoms with Gasteiger partial charge in [0, 0.05) is 12.2 Å². The largest absolute Gasteiger partial charge is 0.491 e. The minimum absolute atomic E-state index is 0.0523. The van der Waals surface area contributed by atoms with Gasteiger partial charge in [0.25, 0.3) is 0 Å². The minimum Gasteiger partial charge on any atom is -0.491 e. The van der Waals surface area contributed by atoms with Crippen molar-refractivity contribution in [1.29, 1.82) is 0 Å². The predicted molar refractivity (Wildman–Crippen MR) is 68.5 cm³/mol. The Hall–Kier alpha value is -1.55. The molecule has 0 unspecified atom stereocenters. The van der Waals surface area contributed by atoms with Crippen molar-refractivity contribution in [3.05, 3.63) is 29.8 Å². The molecule has 2 rings (SSSR count). The summed E-state index contributed by atoms with van der Waals surface area (Å²) in [4.78, 5) is 11.7. The molecular weight excluding hydrogens is 230 g/mol. The van der Waals surface area contributed by atoms with Crippen LogP contribution in [0.2, 0.25) is 0 Å². The maximum Gasteiger partial charge on any atom is 0.246 e. The van der Waals surface area contributed by atoms with Crippen molar-refractivity contribution in [3.8, 4) is 5.75 Å². The van der Waals surface area contributed by atoms with Gasteiger partial charge in [0.05, 0.1) is 6.04 Å². The molecule has 1 heterocycles. The molecule has 0 aliphatic carbocycles. The van der Waals surface area contributed by atoms with Crippen LogP contribution in [0.15, 0.2) is 24.3 Å². The number of carbonyl (C=O) groups excluding carboxylic acids is 1. The van der Waals surface area contributed by atoms with Gasteiger partial charge in [-0.05, 0) is 12.5 Å². The van der Waals surface area contributed by atoms with Crippen molar-refractivity contribution in [2.45, 2.75) is 25.8 Å². The molecule has 0 radical (unpaired) electrons. The zero-order chi connectivity index (χ0) is 12.8. The normalized spacial score (nSPS) is 17.1. The van der Waals surface area contributed by atoms with Crippen LogP contribution in [0.1, 0.15) is 31.4 Å². The molecule has 0 fully saturated rings. The molecule has 0 bridgehead atoms. The van der Waals surface area contributed by atoms with E-state index in [1.807, 2.05) is 24.3 Å². The zero-order valence-corrected chi connectivity index (χ0v) is 10.6. The third-order valence-electron chi connectivity index (χ3n) is 2.91. The summed E-state index contributed by atoms with van der Waals surface area (Å²) < 4.78 is 10.8. The quantitative estimate of drug-likeness (QED) is 0.785. The molecule has 1 aromatic rings. The Balaban J connectivity index is 1.79. The van der Waals surface area contributed by atoms with E-state index >= 15 is 0 Å². The number of fused-ring (bicyclic) bond motifs is 1. The Morgan fingerprint density at radius 3 is 3.17 bits per heavy atom. The van der Waals surface area contributed by atoms with Gasteiger partial charge in [-0.2, -0.15) is 0 Å². The number of benzene rings is 1. The molecule has 0 saturated heterocycles. The van der Waals surface area contributed by atoms with Gasteiger partial charge in [0.15, 0.2) is 0 Å². The van der Waals surface area contributed by atoms with Crippen molar-refractivity contribution in [3.63, 3.8) is 0 Å². The molecule has 4 nitrogen and oxygen atoms in total. The standard InChI is InChI=1S/C14H19NO3/c1-2-3-8-17-10-14(16)15-12-9-18-13-7-5-4-6-11(12)13/h4-7,12H,2-3,8-10H2,1H3,(H,15,16)/t12-/m0/s1. The molecule has 18 heavy (non-hydrogen) atoms. The third-order valence-corrected chi connectivity index (χ3v) is 2.91. The van der Waals surface area contributed by atoms with Gasteiger partial charge in [-0.15, -0.1) is 0 Å². The van der Waals surface area contributed by atoms with Crippen LogP contribution in [-0.2, 0) is 9.53 Å². The number of hydrogen-bond acceptors (Lipinski definition) is 3. The molecule has 0 spiro atoms. The first-order chi connectivity index (χ1) is 8.81. The fourth-order valence-corrected chi connectivity index (χ4v) is 1.93. The average Bonchev–Trinajstić information content (AvgIpc) is 2.78. The van der Waals surface area contributed by atoms with E-state index in [2.05, 4.69) is 12.2 Å². The SMILES string of the molecule is CCCCOCC(=O)N[C@H]1COc2ccccc21. The average molecular weight is 249 g/mol. The van der Waals surface area contributed by atoms with E-state index in [-0.39, 0.29) is 18.6 Å². The van der Waals surface area contributed by atoms with Gasteiger partial charge in [0.2, 0.25) is 5.91 Å². The number of carbonyl (C=O) groups is 1. The fourth-order valence-electron chi connectivity index (χ4n) is 1.93. The number of rotatable bonds is 6. The molecule has 1 N–H and O–H groups in total. The lowest BCUT2D eigenvalue weighted by molar-refractivity contribution is -0.126. The van der Waals surface area contributed by atoms with Gasteiger partial charge >= 0.3 is 0 Å². The Bertz CT molecular complexity index is 406. The first kappa shape index (κ1) is 12.9. The number of hydrogen-bond donors (Lipinski definition) is 1. The summed E-state index contributed by atoms with van der Waals surface area (Å²) >= 11 is 0. The van der Waals surface area contributed by atoms with Crippen molar-refractivity contribution < 1.29 is 14.3 Å². The van der Waals surface area contributed by atoms with E-state index in [1.54, 1.807) is 0 Å². The Kier molecular flexibility index (Phi) is 4.59. The first-order valence-electron chi connectivity index (χ1n) is 6.40. The van der Waals surface area contributed by atoms with E-state index < -0.39 is 0 Å². The summed E-state index contributed by atoms with van der Waals surface area (Å²) in [5, 5.41) is 2.92. The third kappa shape index (κ3) is 3.23. The molecule has 1 aliphatic rings. The number of nitrogens with one attached hydrogen (secondary N) is 1. The van der Waals surface area contributed by atoms with Crippen LogP contribution in [0.4, 0.5) is 0 Å². The number of unbranched alkanes of at least 4 members (excludes halogenated alkanes) is 1. The van der Waals surface area contributed by atoms with E-state index in [1.165, 1.54) is 0 Å². The summed E-state index contributed by atoms with van der Waals surface area (Å²) in [5.41, 5.74) is 1.04. The molecule has 1 aliphatic heterocycles. The summed E-state index contributed by atoms with van der Waals surface area (Å²) in [5.74, 6) is 0.770. The van der Waals surface area contributed by atoms with Gasteiger partial charge in [-0.1, -0.05) is 31.5 Å². The molecule has 0 aromatic heterocycles. The lowest BCUT2D eigenvalue weighted by Crippen LogP contribution is -2.32. The van der Waals surface area contributed by atoms with E-state index in [4.69, 9.17) is 9.47 Å². The summed E-state index contributed by atoms with van der Waals surface area (Å²) in [6, 6.07) is 7.72. The first-order valence-corrected chi connectivity index (χ1v) is 6.40. The highest BCUT2D eigenvalue weighted by atomic mass is 16.5. The lowest BCUT2D eigenvalue weighted by Gasteiger charge is -2.11. The Labute approximate surface area is 107 Å². The van der Waals surface area contributed by atoms with Crippen LogP contribution < -0.4 is 10.1 Å². The minimum atomic E-state index is -0.0867. The van der Waals surface area contributed by atoms with Crippen LogP contribution in [0.3, 0.4) is 0 Å². The highest BCUT2D eigenvalue weighted by Crippen LogP contribution is 2.31. The highest BCUT2D eigenvalue weighted by Gasteiger charge is 2.24. The maximum absolute atomic E-state index is 11.7. The van der Waals surface area contributed by atoms with Crippen LogP contribution in [0, 0.1) is 0 Å². The molecule has 1 aromatic carbocycles. The van der Waals surface area contributed by atoms with E-state index in [0.717, 1.165) is 24.2 Å². The van der Waals surface area contributed by atoms with Crippen molar-refractivity contribution in [1.82, 2.24) is 5.32 Å².